The zero-order valence-corrected chi connectivity index (χ0v) is 12.2. The first kappa shape index (κ1) is 15.1. The van der Waals surface area contributed by atoms with Crippen molar-refractivity contribution < 1.29 is 14.6 Å². The Morgan fingerprint density at radius 1 is 1.24 bits per heavy atom. The monoisotopic (exact) mass is 285 g/mol. The topological polar surface area (TPSA) is 58.6 Å². The fourth-order valence-electron chi connectivity index (χ4n) is 2.06. The summed E-state index contributed by atoms with van der Waals surface area (Å²) in [5.74, 6) is 0.299. The minimum absolute atomic E-state index is 0.312. The number of amides is 1. The molecule has 0 radical (unpaired) electrons. The SMILES string of the molecule is COc1cc(C)ccc1CNC(=O)[C@H](O)c1ccccc1. The van der Waals surface area contributed by atoms with Crippen molar-refractivity contribution in [3.8, 4) is 5.75 Å². The molecule has 0 aliphatic carbocycles. The molecule has 110 valence electrons. The fraction of sp³-hybridized carbons (Fsp3) is 0.235. The van der Waals surface area contributed by atoms with E-state index in [0.29, 0.717) is 12.1 Å². The van der Waals surface area contributed by atoms with E-state index in [-0.39, 0.29) is 0 Å². The second kappa shape index (κ2) is 6.90. The zero-order chi connectivity index (χ0) is 15.2. The van der Waals surface area contributed by atoms with Gasteiger partial charge in [0.15, 0.2) is 6.10 Å². The minimum Gasteiger partial charge on any atom is -0.496 e. The van der Waals surface area contributed by atoms with Crippen molar-refractivity contribution in [1.29, 1.82) is 0 Å². The third kappa shape index (κ3) is 3.83. The molecule has 2 aromatic carbocycles. The van der Waals surface area contributed by atoms with E-state index in [1.165, 1.54) is 0 Å². The summed E-state index contributed by atoms with van der Waals surface area (Å²) in [6, 6.07) is 14.6. The molecule has 1 amide bonds. The minimum atomic E-state index is -1.16. The standard InChI is InChI=1S/C17H19NO3/c1-12-8-9-14(15(10-12)21-2)11-18-17(20)16(19)13-6-4-3-5-7-13/h3-10,16,19H,11H2,1-2H3,(H,18,20)/t16-/m1/s1. The molecule has 0 aliphatic heterocycles. The molecule has 0 fully saturated rings. The van der Waals surface area contributed by atoms with Crippen LogP contribution in [0.3, 0.4) is 0 Å². The van der Waals surface area contributed by atoms with E-state index in [9.17, 15) is 9.90 Å². The van der Waals surface area contributed by atoms with Crippen LogP contribution in [-0.4, -0.2) is 18.1 Å². The van der Waals surface area contributed by atoms with E-state index in [1.54, 1.807) is 31.4 Å². The van der Waals surface area contributed by atoms with Crippen LogP contribution >= 0.6 is 0 Å². The molecule has 0 heterocycles. The molecular formula is C17H19NO3. The number of methoxy groups -OCH3 is 1. The van der Waals surface area contributed by atoms with Gasteiger partial charge in [0.05, 0.1) is 7.11 Å². The van der Waals surface area contributed by atoms with Crippen molar-refractivity contribution in [2.75, 3.05) is 7.11 Å². The average molecular weight is 285 g/mol. The van der Waals surface area contributed by atoms with Gasteiger partial charge in [0.2, 0.25) is 0 Å². The first-order chi connectivity index (χ1) is 10.1. The Bertz CT molecular complexity index is 611. The van der Waals surface area contributed by atoms with Gasteiger partial charge in [0.25, 0.3) is 5.91 Å². The average Bonchev–Trinajstić information content (AvgIpc) is 2.53. The molecule has 2 rings (SSSR count). The molecular weight excluding hydrogens is 266 g/mol. The Morgan fingerprint density at radius 3 is 2.62 bits per heavy atom. The number of hydrogen-bond donors (Lipinski definition) is 2. The summed E-state index contributed by atoms with van der Waals surface area (Å²) in [6.45, 7) is 2.29. The molecule has 1 atom stereocenters. The third-order valence-corrected chi connectivity index (χ3v) is 3.26. The molecule has 4 heteroatoms. The summed E-state index contributed by atoms with van der Waals surface area (Å²) in [5.41, 5.74) is 2.54. The van der Waals surface area contributed by atoms with Crippen LogP contribution in [0.2, 0.25) is 0 Å². The number of aliphatic hydroxyl groups excluding tert-OH is 1. The number of carbonyl (C=O) groups excluding carboxylic acids is 1. The molecule has 2 aromatic rings. The highest BCUT2D eigenvalue weighted by atomic mass is 16.5. The number of aliphatic hydroxyl groups is 1. The van der Waals surface area contributed by atoms with Crippen molar-refractivity contribution in [3.63, 3.8) is 0 Å². The number of hydrogen-bond acceptors (Lipinski definition) is 3. The number of benzene rings is 2. The van der Waals surface area contributed by atoms with Crippen LogP contribution in [0.5, 0.6) is 5.75 Å². The molecule has 0 bridgehead atoms. The molecule has 21 heavy (non-hydrogen) atoms. The normalized spacial score (nSPS) is 11.8. The predicted molar refractivity (Wildman–Crippen MR) is 81.0 cm³/mol. The second-order valence-corrected chi connectivity index (χ2v) is 4.85. The number of rotatable bonds is 5. The summed E-state index contributed by atoms with van der Waals surface area (Å²) in [5, 5.41) is 12.7. The van der Waals surface area contributed by atoms with Crippen molar-refractivity contribution in [1.82, 2.24) is 5.32 Å². The Labute approximate surface area is 124 Å². The summed E-state index contributed by atoms with van der Waals surface area (Å²) in [6.07, 6.45) is -1.16. The second-order valence-electron chi connectivity index (χ2n) is 4.85. The van der Waals surface area contributed by atoms with E-state index in [2.05, 4.69) is 5.32 Å². The van der Waals surface area contributed by atoms with Gasteiger partial charge < -0.3 is 15.2 Å². The molecule has 4 nitrogen and oxygen atoms in total. The van der Waals surface area contributed by atoms with Crippen LogP contribution in [0, 0.1) is 6.92 Å². The highest BCUT2D eigenvalue weighted by Gasteiger charge is 2.17. The van der Waals surface area contributed by atoms with Gasteiger partial charge in [-0.05, 0) is 24.1 Å². The van der Waals surface area contributed by atoms with Crippen LogP contribution < -0.4 is 10.1 Å². The maximum absolute atomic E-state index is 12.0. The first-order valence-corrected chi connectivity index (χ1v) is 6.76. The van der Waals surface area contributed by atoms with E-state index >= 15 is 0 Å². The number of ether oxygens (including phenoxy) is 1. The lowest BCUT2D eigenvalue weighted by atomic mass is 10.1. The van der Waals surface area contributed by atoms with Gasteiger partial charge in [-0.1, -0.05) is 42.5 Å². The van der Waals surface area contributed by atoms with Crippen molar-refractivity contribution in [2.45, 2.75) is 19.6 Å². The molecule has 2 N–H and O–H groups in total. The molecule has 0 saturated heterocycles. The van der Waals surface area contributed by atoms with Gasteiger partial charge in [-0.25, -0.2) is 0 Å². The Morgan fingerprint density at radius 2 is 1.95 bits per heavy atom. The van der Waals surface area contributed by atoms with Crippen LogP contribution in [-0.2, 0) is 11.3 Å². The lowest BCUT2D eigenvalue weighted by Gasteiger charge is -2.13. The van der Waals surface area contributed by atoms with E-state index < -0.39 is 12.0 Å². The third-order valence-electron chi connectivity index (χ3n) is 3.26. The molecule has 0 spiro atoms. The smallest absolute Gasteiger partial charge is 0.253 e. The van der Waals surface area contributed by atoms with E-state index in [0.717, 1.165) is 16.9 Å². The summed E-state index contributed by atoms with van der Waals surface area (Å²) in [4.78, 5) is 12.0. The van der Waals surface area contributed by atoms with Crippen LogP contribution in [0.1, 0.15) is 22.8 Å². The molecule has 0 aromatic heterocycles. The van der Waals surface area contributed by atoms with Crippen LogP contribution in [0.25, 0.3) is 0 Å². The maximum atomic E-state index is 12.0. The van der Waals surface area contributed by atoms with Gasteiger partial charge in [-0.15, -0.1) is 0 Å². The molecule has 0 unspecified atom stereocenters. The summed E-state index contributed by atoms with van der Waals surface area (Å²) >= 11 is 0. The fourth-order valence-corrected chi connectivity index (χ4v) is 2.06. The molecule has 0 saturated carbocycles. The van der Waals surface area contributed by atoms with E-state index in [4.69, 9.17) is 4.74 Å². The number of aryl methyl sites for hydroxylation is 1. The van der Waals surface area contributed by atoms with Gasteiger partial charge in [0.1, 0.15) is 5.75 Å². The maximum Gasteiger partial charge on any atom is 0.253 e. The Kier molecular flexibility index (Phi) is 4.95. The lowest BCUT2D eigenvalue weighted by molar-refractivity contribution is -0.129. The highest BCUT2D eigenvalue weighted by molar-refractivity contribution is 5.81. The van der Waals surface area contributed by atoms with Gasteiger partial charge in [0, 0.05) is 12.1 Å². The predicted octanol–water partition coefficient (Wildman–Crippen LogP) is 2.35. The quantitative estimate of drug-likeness (QED) is 0.886. The van der Waals surface area contributed by atoms with Gasteiger partial charge in [-0.2, -0.15) is 0 Å². The zero-order valence-electron chi connectivity index (χ0n) is 12.2. The van der Waals surface area contributed by atoms with Crippen molar-refractivity contribution in [2.24, 2.45) is 0 Å². The summed E-state index contributed by atoms with van der Waals surface area (Å²) < 4.78 is 5.29. The van der Waals surface area contributed by atoms with Crippen molar-refractivity contribution >= 4 is 5.91 Å². The largest absolute Gasteiger partial charge is 0.496 e. The van der Waals surface area contributed by atoms with Gasteiger partial charge in [-0.3, -0.25) is 4.79 Å². The Hall–Kier alpha value is -2.33. The highest BCUT2D eigenvalue weighted by Crippen LogP contribution is 2.20. The van der Waals surface area contributed by atoms with E-state index in [1.807, 2.05) is 31.2 Å². The molecule has 0 aliphatic rings. The number of nitrogens with one attached hydrogen (secondary N) is 1. The Balaban J connectivity index is 2.01. The summed E-state index contributed by atoms with van der Waals surface area (Å²) in [7, 11) is 1.60. The van der Waals surface area contributed by atoms with Crippen molar-refractivity contribution in [3.05, 3.63) is 65.2 Å². The van der Waals surface area contributed by atoms with Crippen LogP contribution in [0.4, 0.5) is 0 Å². The van der Waals surface area contributed by atoms with Gasteiger partial charge >= 0.3 is 0 Å². The van der Waals surface area contributed by atoms with Crippen LogP contribution in [0.15, 0.2) is 48.5 Å². The lowest BCUT2D eigenvalue weighted by Crippen LogP contribution is -2.29. The first-order valence-electron chi connectivity index (χ1n) is 6.76. The number of carbonyl (C=O) groups is 1.